The molecule has 0 atom stereocenters. The van der Waals surface area contributed by atoms with Gasteiger partial charge in [-0.3, -0.25) is 0 Å². The Kier molecular flexibility index (Phi) is 5.86. The van der Waals surface area contributed by atoms with Gasteiger partial charge in [0.15, 0.2) is 0 Å². The lowest BCUT2D eigenvalue weighted by molar-refractivity contribution is 0.0616. The second-order valence-corrected chi connectivity index (χ2v) is 11.9. The van der Waals surface area contributed by atoms with E-state index in [4.69, 9.17) is 4.74 Å². The third-order valence-corrected chi connectivity index (χ3v) is 8.95. The SMILES string of the molecule is CS(=O)(=O)N1CCC(c2cc3c(-c4ccc5ncn(CC6CCOCC6)c5c4)ccnc3[nH]2)CC1. The summed E-state index contributed by atoms with van der Waals surface area (Å²) in [5, 5.41) is 1.10. The topological polar surface area (TPSA) is 93.1 Å². The lowest BCUT2D eigenvalue weighted by Crippen LogP contribution is -2.37. The highest BCUT2D eigenvalue weighted by Crippen LogP contribution is 2.35. The fourth-order valence-electron chi connectivity index (χ4n) is 5.59. The molecule has 2 aliphatic heterocycles. The molecule has 0 saturated carbocycles. The summed E-state index contributed by atoms with van der Waals surface area (Å²) in [6.07, 6.45) is 8.92. The maximum Gasteiger partial charge on any atom is 0.211 e. The normalized spacial score (nSPS) is 19.1. The van der Waals surface area contributed by atoms with Crippen LogP contribution in [0.5, 0.6) is 0 Å². The summed E-state index contributed by atoms with van der Waals surface area (Å²) in [6.45, 7) is 3.79. The number of nitrogens with one attached hydrogen (secondary N) is 1. The van der Waals surface area contributed by atoms with Gasteiger partial charge in [-0.25, -0.2) is 22.7 Å². The molecule has 6 rings (SSSR count). The summed E-state index contributed by atoms with van der Waals surface area (Å²) in [6, 6.07) is 10.8. The molecule has 0 spiro atoms. The molecule has 0 aliphatic carbocycles. The lowest BCUT2D eigenvalue weighted by atomic mass is 9.94. The molecule has 35 heavy (non-hydrogen) atoms. The first-order valence-corrected chi connectivity index (χ1v) is 14.3. The van der Waals surface area contributed by atoms with Crippen molar-refractivity contribution < 1.29 is 13.2 Å². The van der Waals surface area contributed by atoms with Gasteiger partial charge >= 0.3 is 0 Å². The predicted molar refractivity (Wildman–Crippen MR) is 137 cm³/mol. The number of fused-ring (bicyclic) bond motifs is 2. The number of aromatic amines is 1. The summed E-state index contributed by atoms with van der Waals surface area (Å²) in [5.74, 6) is 0.928. The van der Waals surface area contributed by atoms with Crippen molar-refractivity contribution in [2.24, 2.45) is 5.92 Å². The van der Waals surface area contributed by atoms with E-state index in [-0.39, 0.29) is 0 Å². The van der Waals surface area contributed by atoms with E-state index in [1.165, 1.54) is 6.26 Å². The van der Waals surface area contributed by atoms with E-state index >= 15 is 0 Å². The Morgan fingerprint density at radius 3 is 2.63 bits per heavy atom. The van der Waals surface area contributed by atoms with E-state index < -0.39 is 10.0 Å². The van der Waals surface area contributed by atoms with Gasteiger partial charge in [-0.2, -0.15) is 0 Å². The Labute approximate surface area is 205 Å². The zero-order chi connectivity index (χ0) is 24.0. The number of sulfonamides is 1. The van der Waals surface area contributed by atoms with Crippen molar-refractivity contribution in [3.05, 3.63) is 48.5 Å². The number of nitrogens with zero attached hydrogens (tertiary/aromatic N) is 4. The zero-order valence-corrected chi connectivity index (χ0v) is 20.8. The quantitative estimate of drug-likeness (QED) is 0.451. The Morgan fingerprint density at radius 1 is 1.06 bits per heavy atom. The van der Waals surface area contributed by atoms with Crippen LogP contribution in [0.15, 0.2) is 42.9 Å². The predicted octanol–water partition coefficient (Wildman–Crippen LogP) is 4.15. The van der Waals surface area contributed by atoms with Crippen molar-refractivity contribution in [1.29, 1.82) is 0 Å². The first-order chi connectivity index (χ1) is 17.0. The van der Waals surface area contributed by atoms with Crippen LogP contribution >= 0.6 is 0 Å². The van der Waals surface area contributed by atoms with Crippen molar-refractivity contribution in [3.8, 4) is 11.1 Å². The minimum absolute atomic E-state index is 0.304. The number of ether oxygens (including phenoxy) is 1. The van der Waals surface area contributed by atoms with Gasteiger partial charge in [-0.15, -0.1) is 0 Å². The Hall–Kier alpha value is -2.75. The van der Waals surface area contributed by atoms with E-state index in [1.54, 1.807) is 4.31 Å². The van der Waals surface area contributed by atoms with E-state index in [0.717, 1.165) is 84.3 Å². The van der Waals surface area contributed by atoms with E-state index in [1.807, 2.05) is 12.5 Å². The second-order valence-electron chi connectivity index (χ2n) is 9.94. The Bertz CT molecular complexity index is 1460. The fourth-order valence-corrected chi connectivity index (χ4v) is 6.47. The van der Waals surface area contributed by atoms with Crippen molar-refractivity contribution in [1.82, 2.24) is 23.8 Å². The molecule has 2 fully saturated rings. The molecule has 184 valence electrons. The molecule has 0 radical (unpaired) electrons. The highest BCUT2D eigenvalue weighted by Gasteiger charge is 2.27. The van der Waals surface area contributed by atoms with Crippen LogP contribution in [0.25, 0.3) is 33.2 Å². The molecule has 9 heteroatoms. The molecule has 5 heterocycles. The fraction of sp³-hybridized carbons (Fsp3) is 0.462. The monoisotopic (exact) mass is 493 g/mol. The molecule has 0 amide bonds. The molecule has 8 nitrogen and oxygen atoms in total. The maximum atomic E-state index is 11.9. The van der Waals surface area contributed by atoms with Crippen LogP contribution in [-0.4, -0.2) is 64.8 Å². The van der Waals surface area contributed by atoms with Crippen LogP contribution in [0, 0.1) is 5.92 Å². The summed E-state index contributed by atoms with van der Waals surface area (Å²) in [7, 11) is -3.13. The lowest BCUT2D eigenvalue weighted by Gasteiger charge is -2.29. The molecular formula is C26H31N5O3S. The van der Waals surface area contributed by atoms with E-state index in [0.29, 0.717) is 24.9 Å². The van der Waals surface area contributed by atoms with Gasteiger partial charge in [0.1, 0.15) is 5.65 Å². The molecule has 3 aromatic heterocycles. The number of pyridine rings is 1. The van der Waals surface area contributed by atoms with Gasteiger partial charge in [-0.1, -0.05) is 6.07 Å². The first kappa shape index (κ1) is 22.7. The average Bonchev–Trinajstić information content (AvgIpc) is 3.48. The smallest absolute Gasteiger partial charge is 0.211 e. The number of rotatable bonds is 5. The van der Waals surface area contributed by atoms with Crippen LogP contribution in [0.1, 0.15) is 37.3 Å². The molecule has 0 bridgehead atoms. The van der Waals surface area contributed by atoms with Gasteiger partial charge in [0, 0.05) is 56.0 Å². The second kappa shape index (κ2) is 9.04. The molecule has 4 aromatic rings. The van der Waals surface area contributed by atoms with E-state index in [9.17, 15) is 8.42 Å². The third kappa shape index (κ3) is 4.48. The van der Waals surface area contributed by atoms with Gasteiger partial charge in [0.05, 0.1) is 23.6 Å². The number of imidazole rings is 1. The van der Waals surface area contributed by atoms with Crippen molar-refractivity contribution in [3.63, 3.8) is 0 Å². The van der Waals surface area contributed by atoms with Crippen molar-refractivity contribution in [2.75, 3.05) is 32.6 Å². The minimum atomic E-state index is -3.13. The largest absolute Gasteiger partial charge is 0.381 e. The number of piperidine rings is 1. The number of hydrogen-bond acceptors (Lipinski definition) is 5. The molecule has 1 N–H and O–H groups in total. The minimum Gasteiger partial charge on any atom is -0.381 e. The highest BCUT2D eigenvalue weighted by atomic mass is 32.2. The van der Waals surface area contributed by atoms with E-state index in [2.05, 4.69) is 49.9 Å². The third-order valence-electron chi connectivity index (χ3n) is 7.64. The van der Waals surface area contributed by atoms with Gasteiger partial charge in [0.25, 0.3) is 0 Å². The molecule has 2 saturated heterocycles. The number of benzene rings is 1. The highest BCUT2D eigenvalue weighted by molar-refractivity contribution is 7.88. The summed E-state index contributed by atoms with van der Waals surface area (Å²) < 4.78 is 33.1. The summed E-state index contributed by atoms with van der Waals surface area (Å²) >= 11 is 0. The van der Waals surface area contributed by atoms with Crippen LogP contribution < -0.4 is 0 Å². The van der Waals surface area contributed by atoms with Crippen LogP contribution in [0.2, 0.25) is 0 Å². The standard InChI is InChI=1S/C26H31N5O3S/c1-35(32,33)31-10-5-19(6-11-31)24-15-22-21(4-9-27-26(22)29-24)20-2-3-23-25(14-20)30(17-28-23)16-18-7-12-34-13-8-18/h2-4,9,14-15,17-19H,5-8,10-13,16H2,1H3,(H,27,29). The zero-order valence-electron chi connectivity index (χ0n) is 20.0. The average molecular weight is 494 g/mol. The van der Waals surface area contributed by atoms with Crippen LogP contribution in [-0.2, 0) is 21.3 Å². The number of aromatic nitrogens is 4. The van der Waals surface area contributed by atoms with Gasteiger partial charge in [-0.05, 0) is 67.0 Å². The first-order valence-electron chi connectivity index (χ1n) is 12.4. The van der Waals surface area contributed by atoms with Gasteiger partial charge < -0.3 is 14.3 Å². The maximum absolute atomic E-state index is 11.9. The molecule has 2 aliphatic rings. The van der Waals surface area contributed by atoms with Crippen molar-refractivity contribution >= 4 is 32.1 Å². The molecule has 0 unspecified atom stereocenters. The number of H-pyrrole nitrogens is 1. The Balaban J connectivity index is 1.30. The van der Waals surface area contributed by atoms with Crippen molar-refractivity contribution in [2.45, 2.75) is 38.1 Å². The Morgan fingerprint density at radius 2 is 1.86 bits per heavy atom. The number of hydrogen-bond donors (Lipinski definition) is 1. The molecular weight excluding hydrogens is 462 g/mol. The molecule has 1 aromatic carbocycles. The van der Waals surface area contributed by atoms with Crippen LogP contribution in [0.3, 0.4) is 0 Å². The summed E-state index contributed by atoms with van der Waals surface area (Å²) in [4.78, 5) is 12.7. The van der Waals surface area contributed by atoms with Gasteiger partial charge in [0.2, 0.25) is 10.0 Å². The summed E-state index contributed by atoms with van der Waals surface area (Å²) in [5.41, 5.74) is 6.47. The van der Waals surface area contributed by atoms with Crippen LogP contribution in [0.4, 0.5) is 0 Å².